The fraction of sp³-hybridized carbons (Fsp3) is 0.400. The van der Waals surface area contributed by atoms with Gasteiger partial charge in [-0.05, 0) is 0 Å². The van der Waals surface area contributed by atoms with E-state index in [1.165, 1.54) is 6.92 Å². The average Bonchev–Trinajstić information content (AvgIpc) is 1.82. The predicted molar refractivity (Wildman–Crippen MR) is 36.7 cm³/mol. The van der Waals surface area contributed by atoms with Crippen molar-refractivity contribution in [2.75, 3.05) is 6.54 Å². The maximum absolute atomic E-state index is 10.5. The zero-order valence-electron chi connectivity index (χ0n) is 6.01. The summed E-state index contributed by atoms with van der Waals surface area (Å²) in [5, 5.41) is 8.72. The molecule has 0 saturated carbocycles. The molecular formula is C5H9N3O3. The van der Waals surface area contributed by atoms with Crippen LogP contribution < -0.4 is 11.1 Å². The second-order valence-electron chi connectivity index (χ2n) is 1.75. The normalized spacial score (nSPS) is 8.45. The van der Waals surface area contributed by atoms with Gasteiger partial charge in [-0.3, -0.25) is 10.2 Å². The van der Waals surface area contributed by atoms with Gasteiger partial charge in [0.15, 0.2) is 0 Å². The van der Waals surface area contributed by atoms with Gasteiger partial charge in [0.25, 0.3) is 6.02 Å². The Morgan fingerprint density at radius 2 is 2.18 bits per heavy atom. The van der Waals surface area contributed by atoms with Crippen LogP contribution in [-0.4, -0.2) is 24.4 Å². The predicted octanol–water partition coefficient (Wildman–Crippen LogP) is -1.44. The van der Waals surface area contributed by atoms with Crippen molar-refractivity contribution < 1.29 is 14.3 Å². The Morgan fingerprint density at radius 3 is 2.55 bits per heavy atom. The largest absolute Gasteiger partial charge is 0.392 e. The van der Waals surface area contributed by atoms with E-state index in [1.807, 2.05) is 0 Å². The van der Waals surface area contributed by atoms with E-state index in [4.69, 9.17) is 11.1 Å². The molecule has 0 aromatic rings. The number of nitrogens with one attached hydrogen (secondary N) is 2. The van der Waals surface area contributed by atoms with Crippen LogP contribution in [0.1, 0.15) is 6.92 Å². The molecule has 1 amide bonds. The average molecular weight is 159 g/mol. The minimum atomic E-state index is -0.757. The SMILES string of the molecule is CC(=O)NCC(=O)OC(=N)N. The molecular weight excluding hydrogens is 150 g/mol. The fourth-order valence-corrected chi connectivity index (χ4v) is 0.355. The molecule has 6 nitrogen and oxygen atoms in total. The van der Waals surface area contributed by atoms with Gasteiger partial charge in [0.2, 0.25) is 5.91 Å². The van der Waals surface area contributed by atoms with Gasteiger partial charge in [0.1, 0.15) is 6.54 Å². The van der Waals surface area contributed by atoms with Crippen molar-refractivity contribution in [1.82, 2.24) is 5.32 Å². The van der Waals surface area contributed by atoms with E-state index >= 15 is 0 Å². The zero-order valence-corrected chi connectivity index (χ0v) is 6.01. The number of rotatable bonds is 2. The second-order valence-corrected chi connectivity index (χ2v) is 1.75. The summed E-state index contributed by atoms with van der Waals surface area (Å²) >= 11 is 0. The van der Waals surface area contributed by atoms with Crippen molar-refractivity contribution in [1.29, 1.82) is 5.41 Å². The maximum atomic E-state index is 10.5. The number of ether oxygens (including phenoxy) is 1. The van der Waals surface area contributed by atoms with Crippen LogP contribution in [-0.2, 0) is 14.3 Å². The van der Waals surface area contributed by atoms with Crippen LogP contribution in [0.5, 0.6) is 0 Å². The Bertz CT molecular complexity index is 189. The Morgan fingerprint density at radius 1 is 1.64 bits per heavy atom. The molecule has 11 heavy (non-hydrogen) atoms. The van der Waals surface area contributed by atoms with Crippen LogP contribution in [0, 0.1) is 5.41 Å². The molecule has 0 rings (SSSR count). The Hall–Kier alpha value is -1.59. The fourth-order valence-electron chi connectivity index (χ4n) is 0.355. The van der Waals surface area contributed by atoms with Gasteiger partial charge >= 0.3 is 5.97 Å². The molecule has 0 fully saturated rings. The number of hydrogen-bond donors (Lipinski definition) is 3. The van der Waals surface area contributed by atoms with Crippen molar-refractivity contribution in [3.63, 3.8) is 0 Å². The van der Waals surface area contributed by atoms with E-state index in [9.17, 15) is 9.59 Å². The van der Waals surface area contributed by atoms with Crippen molar-refractivity contribution in [2.45, 2.75) is 6.92 Å². The highest BCUT2D eigenvalue weighted by Gasteiger charge is 2.03. The van der Waals surface area contributed by atoms with E-state index in [1.54, 1.807) is 0 Å². The number of nitrogens with two attached hydrogens (primary N) is 1. The van der Waals surface area contributed by atoms with Gasteiger partial charge in [-0.1, -0.05) is 0 Å². The third-order valence-corrected chi connectivity index (χ3v) is 0.705. The lowest BCUT2D eigenvalue weighted by atomic mass is 10.6. The third kappa shape index (κ3) is 6.29. The molecule has 0 aliphatic carbocycles. The minimum absolute atomic E-state index is 0.269. The van der Waals surface area contributed by atoms with Crippen molar-refractivity contribution >= 4 is 17.9 Å². The quantitative estimate of drug-likeness (QED) is 0.260. The highest BCUT2D eigenvalue weighted by atomic mass is 16.5. The van der Waals surface area contributed by atoms with E-state index in [-0.39, 0.29) is 12.5 Å². The molecule has 62 valence electrons. The Balaban J connectivity index is 3.53. The van der Waals surface area contributed by atoms with E-state index in [2.05, 4.69) is 10.1 Å². The van der Waals surface area contributed by atoms with Crippen LogP contribution in [0.3, 0.4) is 0 Å². The van der Waals surface area contributed by atoms with E-state index < -0.39 is 12.0 Å². The molecule has 0 spiro atoms. The zero-order chi connectivity index (χ0) is 8.85. The van der Waals surface area contributed by atoms with Crippen molar-refractivity contribution in [3.8, 4) is 0 Å². The second kappa shape index (κ2) is 4.26. The smallest absolute Gasteiger partial charge is 0.333 e. The third-order valence-electron chi connectivity index (χ3n) is 0.705. The number of hydrogen-bond acceptors (Lipinski definition) is 4. The lowest BCUT2D eigenvalue weighted by Gasteiger charge is -2.00. The van der Waals surface area contributed by atoms with Crippen LogP contribution in [0.15, 0.2) is 0 Å². The van der Waals surface area contributed by atoms with Crippen molar-refractivity contribution in [2.24, 2.45) is 5.73 Å². The standard InChI is InChI=1S/C5H9N3O3/c1-3(9)8-2-4(10)11-5(6)7/h2H2,1H3,(H3,6,7)(H,8,9). The molecule has 0 atom stereocenters. The number of amidine groups is 1. The topological polar surface area (TPSA) is 105 Å². The summed E-state index contributed by atoms with van der Waals surface area (Å²) in [5.74, 6) is -1.10. The van der Waals surface area contributed by atoms with Gasteiger partial charge in [-0.2, -0.15) is 0 Å². The summed E-state index contributed by atoms with van der Waals surface area (Å²) in [7, 11) is 0. The number of carbonyl (C=O) groups is 2. The van der Waals surface area contributed by atoms with Crippen LogP contribution >= 0.6 is 0 Å². The summed E-state index contributed by atoms with van der Waals surface area (Å²) in [5.41, 5.74) is 4.73. The van der Waals surface area contributed by atoms with E-state index in [0.717, 1.165) is 0 Å². The first-order valence-corrected chi connectivity index (χ1v) is 2.81. The van der Waals surface area contributed by atoms with E-state index in [0.29, 0.717) is 0 Å². The van der Waals surface area contributed by atoms with Crippen LogP contribution in [0.4, 0.5) is 0 Å². The monoisotopic (exact) mass is 159 g/mol. The van der Waals surface area contributed by atoms with Crippen LogP contribution in [0.25, 0.3) is 0 Å². The molecule has 0 heterocycles. The number of esters is 1. The molecule has 4 N–H and O–H groups in total. The van der Waals surface area contributed by atoms with Gasteiger partial charge in [-0.25, -0.2) is 4.79 Å². The summed E-state index contributed by atoms with van der Waals surface area (Å²) in [6.07, 6.45) is 0. The number of amides is 1. The first kappa shape index (κ1) is 9.41. The summed E-state index contributed by atoms with van der Waals surface area (Å²) < 4.78 is 4.11. The number of carbonyl (C=O) groups excluding carboxylic acids is 2. The Kier molecular flexibility index (Phi) is 3.65. The molecule has 0 radical (unpaired) electrons. The molecule has 0 aromatic heterocycles. The molecule has 0 saturated heterocycles. The molecule has 0 aromatic carbocycles. The highest BCUT2D eigenvalue weighted by molar-refractivity contribution is 5.88. The lowest BCUT2D eigenvalue weighted by Crippen LogP contribution is -2.31. The van der Waals surface area contributed by atoms with Gasteiger partial charge in [0, 0.05) is 6.92 Å². The summed E-state index contributed by atoms with van der Waals surface area (Å²) in [6.45, 7) is 0.996. The maximum Gasteiger partial charge on any atom is 0.333 e. The molecule has 6 heteroatoms. The summed E-state index contributed by atoms with van der Waals surface area (Å²) in [6, 6.07) is -0.680. The van der Waals surface area contributed by atoms with Gasteiger partial charge in [-0.15, -0.1) is 0 Å². The lowest BCUT2D eigenvalue weighted by molar-refractivity contribution is -0.136. The minimum Gasteiger partial charge on any atom is -0.392 e. The Labute approximate surface area is 63.2 Å². The first-order valence-electron chi connectivity index (χ1n) is 2.81. The van der Waals surface area contributed by atoms with Gasteiger partial charge < -0.3 is 15.8 Å². The van der Waals surface area contributed by atoms with Gasteiger partial charge in [0.05, 0.1) is 0 Å². The summed E-state index contributed by atoms with van der Waals surface area (Å²) in [4.78, 5) is 20.7. The van der Waals surface area contributed by atoms with Crippen LogP contribution in [0.2, 0.25) is 0 Å². The van der Waals surface area contributed by atoms with Crippen molar-refractivity contribution in [3.05, 3.63) is 0 Å². The molecule has 0 bridgehead atoms. The first-order chi connectivity index (χ1) is 5.02. The molecule has 0 aliphatic heterocycles. The highest BCUT2D eigenvalue weighted by Crippen LogP contribution is 1.73. The molecule has 0 unspecified atom stereocenters. The molecule has 0 aliphatic rings.